The smallest absolute Gasteiger partial charge is 0.260 e. The van der Waals surface area contributed by atoms with Gasteiger partial charge in [-0.25, -0.2) is 4.39 Å². The molecule has 1 aliphatic rings. The maximum Gasteiger partial charge on any atom is 0.260 e. The van der Waals surface area contributed by atoms with Gasteiger partial charge in [-0.1, -0.05) is 17.8 Å². The number of rotatable bonds is 2. The Balaban J connectivity index is 2.01. The van der Waals surface area contributed by atoms with Crippen LogP contribution in [0, 0.1) is 5.82 Å². The number of nitrogens with one attached hydrogen (secondary N) is 1. The van der Waals surface area contributed by atoms with Gasteiger partial charge in [0, 0.05) is 9.79 Å². The van der Waals surface area contributed by atoms with Crippen LogP contribution in [0.4, 0.5) is 4.39 Å². The second-order valence-electron chi connectivity index (χ2n) is 4.02. The number of benzene rings is 2. The van der Waals surface area contributed by atoms with Gasteiger partial charge in [-0.3, -0.25) is 14.9 Å². The van der Waals surface area contributed by atoms with Gasteiger partial charge < -0.3 is 0 Å². The third-order valence-corrected chi connectivity index (χ3v) is 3.83. The minimum absolute atomic E-state index is 0.310. The zero-order valence-electron chi connectivity index (χ0n) is 9.64. The molecule has 3 rings (SSSR count). The first-order valence-electron chi connectivity index (χ1n) is 5.57. The van der Waals surface area contributed by atoms with Crippen molar-refractivity contribution in [3.8, 4) is 0 Å². The Bertz CT molecular complexity index is 682. The highest BCUT2D eigenvalue weighted by atomic mass is 32.2. The molecule has 0 saturated carbocycles. The molecule has 0 atom stereocenters. The van der Waals surface area contributed by atoms with Crippen molar-refractivity contribution in [1.29, 1.82) is 0 Å². The lowest BCUT2D eigenvalue weighted by Gasteiger charge is -2.05. The number of hydrogen-bond donors (Lipinski definition) is 1. The fourth-order valence-corrected chi connectivity index (χ4v) is 2.88. The summed E-state index contributed by atoms with van der Waals surface area (Å²) in [5.74, 6) is -1.07. The maximum atomic E-state index is 12.8. The molecule has 0 spiro atoms. The second kappa shape index (κ2) is 4.51. The maximum absolute atomic E-state index is 12.8. The zero-order chi connectivity index (χ0) is 13.4. The topological polar surface area (TPSA) is 46.2 Å². The number of carbonyl (C=O) groups excluding carboxylic acids is 2. The van der Waals surface area contributed by atoms with Gasteiger partial charge in [-0.15, -0.1) is 0 Å². The molecule has 1 heterocycles. The average molecular weight is 273 g/mol. The molecule has 2 amide bonds. The molecular weight excluding hydrogens is 265 g/mol. The lowest BCUT2D eigenvalue weighted by molar-refractivity contribution is 0.0879. The van der Waals surface area contributed by atoms with Crippen molar-refractivity contribution in [2.24, 2.45) is 0 Å². The number of fused-ring (bicyclic) bond motifs is 1. The molecule has 3 nitrogen and oxygen atoms in total. The molecule has 1 aliphatic heterocycles. The predicted molar refractivity (Wildman–Crippen MR) is 68.8 cm³/mol. The van der Waals surface area contributed by atoms with Gasteiger partial charge in [0.15, 0.2) is 0 Å². The van der Waals surface area contributed by atoms with E-state index >= 15 is 0 Å². The highest BCUT2D eigenvalue weighted by molar-refractivity contribution is 7.99. The van der Waals surface area contributed by atoms with Crippen LogP contribution in [0.3, 0.4) is 0 Å². The van der Waals surface area contributed by atoms with Crippen molar-refractivity contribution in [2.75, 3.05) is 0 Å². The van der Waals surface area contributed by atoms with Gasteiger partial charge >= 0.3 is 0 Å². The average Bonchev–Trinajstić information content (AvgIpc) is 2.69. The molecule has 0 saturated heterocycles. The number of hydrogen-bond acceptors (Lipinski definition) is 3. The summed E-state index contributed by atoms with van der Waals surface area (Å²) in [6.07, 6.45) is 0. The Hall–Kier alpha value is -2.14. The summed E-state index contributed by atoms with van der Waals surface area (Å²) in [6.45, 7) is 0. The van der Waals surface area contributed by atoms with E-state index in [9.17, 15) is 14.0 Å². The quantitative estimate of drug-likeness (QED) is 0.856. The van der Waals surface area contributed by atoms with Gasteiger partial charge in [-0.2, -0.15) is 0 Å². The molecule has 19 heavy (non-hydrogen) atoms. The molecule has 0 fully saturated rings. The highest BCUT2D eigenvalue weighted by Gasteiger charge is 2.29. The van der Waals surface area contributed by atoms with Gasteiger partial charge in [-0.05, 0) is 36.4 Å². The van der Waals surface area contributed by atoms with E-state index in [4.69, 9.17) is 0 Å². The summed E-state index contributed by atoms with van der Waals surface area (Å²) in [5.41, 5.74) is 0.777. The van der Waals surface area contributed by atoms with E-state index in [2.05, 4.69) is 5.32 Å². The largest absolute Gasteiger partial charge is 0.288 e. The van der Waals surface area contributed by atoms with Crippen LogP contribution in [0.2, 0.25) is 0 Å². The predicted octanol–water partition coefficient (Wildman–Crippen LogP) is 2.86. The Morgan fingerprint density at radius 1 is 0.947 bits per heavy atom. The highest BCUT2D eigenvalue weighted by Crippen LogP contribution is 2.33. The van der Waals surface area contributed by atoms with Crippen molar-refractivity contribution >= 4 is 23.6 Å². The van der Waals surface area contributed by atoms with Crippen LogP contribution in [-0.2, 0) is 0 Å². The summed E-state index contributed by atoms with van der Waals surface area (Å²) in [4.78, 5) is 24.8. The van der Waals surface area contributed by atoms with Crippen LogP contribution < -0.4 is 5.32 Å². The summed E-state index contributed by atoms with van der Waals surface area (Å²) >= 11 is 1.33. The molecule has 94 valence electrons. The fourth-order valence-electron chi connectivity index (χ4n) is 1.90. The lowest BCUT2D eigenvalue weighted by atomic mass is 10.1. The van der Waals surface area contributed by atoms with Gasteiger partial charge in [0.05, 0.1) is 11.1 Å². The minimum atomic E-state index is -0.384. The van der Waals surface area contributed by atoms with E-state index in [0.29, 0.717) is 16.0 Å². The zero-order valence-corrected chi connectivity index (χ0v) is 10.5. The van der Waals surface area contributed by atoms with Crippen molar-refractivity contribution in [1.82, 2.24) is 5.32 Å². The van der Waals surface area contributed by atoms with E-state index in [1.807, 2.05) is 0 Å². The van der Waals surface area contributed by atoms with Crippen LogP contribution in [0.15, 0.2) is 52.3 Å². The van der Waals surface area contributed by atoms with E-state index in [1.165, 1.54) is 23.9 Å². The van der Waals surface area contributed by atoms with Crippen LogP contribution in [0.25, 0.3) is 0 Å². The van der Waals surface area contributed by atoms with Crippen molar-refractivity contribution in [3.05, 3.63) is 59.4 Å². The number of halogens is 1. The van der Waals surface area contributed by atoms with E-state index in [-0.39, 0.29) is 17.6 Å². The van der Waals surface area contributed by atoms with E-state index in [1.54, 1.807) is 30.3 Å². The molecule has 2 aromatic carbocycles. The SMILES string of the molecule is O=C1NC(=O)c2c(Sc3ccc(F)cc3)cccc21. The first-order valence-corrected chi connectivity index (χ1v) is 6.39. The first kappa shape index (κ1) is 11.9. The standard InChI is InChI=1S/C14H8FNO2S/c15-8-4-6-9(7-5-8)19-11-3-1-2-10-12(11)14(18)16-13(10)17/h1-7H,(H,16,17,18). The number of carbonyl (C=O) groups is 2. The normalized spacial score (nSPS) is 13.3. The van der Waals surface area contributed by atoms with Crippen molar-refractivity contribution < 1.29 is 14.0 Å². The third-order valence-electron chi connectivity index (χ3n) is 2.77. The molecule has 0 radical (unpaired) electrons. The number of amides is 2. The summed E-state index contributed by atoms with van der Waals surface area (Å²) in [6, 6.07) is 11.1. The molecule has 0 bridgehead atoms. The Labute approximate surface area is 112 Å². The van der Waals surface area contributed by atoms with Crippen LogP contribution in [-0.4, -0.2) is 11.8 Å². The molecule has 0 aliphatic carbocycles. The van der Waals surface area contributed by atoms with Crippen LogP contribution in [0.5, 0.6) is 0 Å². The molecular formula is C14H8FNO2S. The monoisotopic (exact) mass is 273 g/mol. The molecule has 1 N–H and O–H groups in total. The second-order valence-corrected chi connectivity index (χ2v) is 5.13. The molecule has 0 aromatic heterocycles. The van der Waals surface area contributed by atoms with Crippen molar-refractivity contribution in [2.45, 2.75) is 9.79 Å². The fraction of sp³-hybridized carbons (Fsp3) is 0. The van der Waals surface area contributed by atoms with Crippen LogP contribution in [0.1, 0.15) is 20.7 Å². The third kappa shape index (κ3) is 2.13. The summed E-state index contributed by atoms with van der Waals surface area (Å²) < 4.78 is 12.8. The minimum Gasteiger partial charge on any atom is -0.288 e. The first-order chi connectivity index (χ1) is 9.15. The van der Waals surface area contributed by atoms with Gasteiger partial charge in [0.1, 0.15) is 5.82 Å². The number of imide groups is 1. The lowest BCUT2D eigenvalue weighted by Crippen LogP contribution is -2.20. The molecule has 5 heteroatoms. The Kier molecular flexibility index (Phi) is 2.83. The summed E-state index contributed by atoms with van der Waals surface area (Å²) in [5, 5.41) is 2.27. The van der Waals surface area contributed by atoms with Crippen LogP contribution >= 0.6 is 11.8 Å². The van der Waals surface area contributed by atoms with Gasteiger partial charge in [0.25, 0.3) is 11.8 Å². The summed E-state index contributed by atoms with van der Waals surface area (Å²) in [7, 11) is 0. The molecule has 0 unspecified atom stereocenters. The van der Waals surface area contributed by atoms with E-state index in [0.717, 1.165) is 4.90 Å². The molecule has 2 aromatic rings. The van der Waals surface area contributed by atoms with Gasteiger partial charge in [0.2, 0.25) is 0 Å². The van der Waals surface area contributed by atoms with Crippen molar-refractivity contribution in [3.63, 3.8) is 0 Å². The van der Waals surface area contributed by atoms with E-state index < -0.39 is 0 Å². The Morgan fingerprint density at radius 2 is 1.68 bits per heavy atom. The Morgan fingerprint density at radius 3 is 2.42 bits per heavy atom.